The fourth-order valence-corrected chi connectivity index (χ4v) is 3.56. The molecule has 5 heterocycles. The number of nitrogens with zero attached hydrogens (tertiary/aromatic N) is 5. The molecule has 0 aliphatic rings. The van der Waals surface area contributed by atoms with Crippen molar-refractivity contribution >= 4 is 22.2 Å². The Morgan fingerprint density at radius 2 is 1.84 bits per heavy atom. The van der Waals surface area contributed by atoms with Gasteiger partial charge in [0.1, 0.15) is 23.4 Å². The average Bonchev–Trinajstić information content (AvgIpc) is 3.47. The van der Waals surface area contributed by atoms with Crippen molar-refractivity contribution in [3.05, 3.63) is 84.8 Å². The predicted molar refractivity (Wildman–Crippen MR) is 121 cm³/mol. The Morgan fingerprint density at radius 1 is 0.906 bits per heavy atom. The van der Waals surface area contributed by atoms with Crippen molar-refractivity contribution in [3.8, 4) is 28.5 Å². The van der Waals surface area contributed by atoms with Gasteiger partial charge in [0, 0.05) is 18.0 Å². The number of fused-ring (bicyclic) bond motifs is 2. The van der Waals surface area contributed by atoms with Gasteiger partial charge in [0.2, 0.25) is 0 Å². The number of ether oxygens (including phenoxy) is 1. The highest BCUT2D eigenvalue weighted by Gasteiger charge is 2.15. The van der Waals surface area contributed by atoms with E-state index in [-0.39, 0.29) is 0 Å². The molecule has 0 aliphatic carbocycles. The van der Waals surface area contributed by atoms with Crippen LogP contribution in [0.25, 0.3) is 45.0 Å². The van der Waals surface area contributed by atoms with E-state index in [0.29, 0.717) is 29.5 Å². The lowest BCUT2D eigenvalue weighted by molar-refractivity contribution is 0.305. The minimum absolute atomic E-state index is 0.477. The highest BCUT2D eigenvalue weighted by molar-refractivity contribution is 5.90. The van der Waals surface area contributed by atoms with Crippen molar-refractivity contribution < 1.29 is 4.74 Å². The molecule has 0 saturated carbocycles. The number of H-pyrrole nitrogens is 2. The Labute approximate surface area is 182 Å². The standard InChI is InChI=1S/C24H17N7O/c1-2-5-15(6-3-1)14-32-17-11-16(12-25-13-17)18-8-9-19-21(27-18)22(31-30-19)24-28-20-7-4-10-26-23(20)29-24/h1-13H,14H2,(H,30,31)(H,26,28,29). The maximum atomic E-state index is 5.92. The summed E-state index contributed by atoms with van der Waals surface area (Å²) in [5.74, 6) is 1.30. The van der Waals surface area contributed by atoms with Crippen LogP contribution in [-0.4, -0.2) is 35.1 Å². The van der Waals surface area contributed by atoms with Crippen LogP contribution in [0.4, 0.5) is 0 Å². The Balaban J connectivity index is 1.34. The Bertz CT molecular complexity index is 1510. The first kappa shape index (κ1) is 18.2. The highest BCUT2D eigenvalue weighted by Crippen LogP contribution is 2.28. The number of hydrogen-bond acceptors (Lipinski definition) is 6. The third-order valence-electron chi connectivity index (χ3n) is 5.14. The maximum Gasteiger partial charge on any atom is 0.162 e. The van der Waals surface area contributed by atoms with Gasteiger partial charge in [0.05, 0.1) is 17.4 Å². The van der Waals surface area contributed by atoms with Gasteiger partial charge in [0.25, 0.3) is 0 Å². The van der Waals surface area contributed by atoms with E-state index in [9.17, 15) is 0 Å². The first-order valence-corrected chi connectivity index (χ1v) is 10.1. The van der Waals surface area contributed by atoms with Gasteiger partial charge >= 0.3 is 0 Å². The van der Waals surface area contributed by atoms with E-state index in [4.69, 9.17) is 9.72 Å². The second-order valence-corrected chi connectivity index (χ2v) is 7.31. The lowest BCUT2D eigenvalue weighted by Gasteiger charge is -2.08. The number of benzene rings is 1. The molecule has 5 aromatic heterocycles. The molecule has 0 spiro atoms. The molecular formula is C24H17N7O. The molecule has 0 aliphatic heterocycles. The number of aromatic amines is 2. The molecule has 6 aromatic rings. The van der Waals surface area contributed by atoms with E-state index in [1.807, 2.05) is 60.7 Å². The van der Waals surface area contributed by atoms with Gasteiger partial charge in [-0.25, -0.2) is 15.0 Å². The summed E-state index contributed by atoms with van der Waals surface area (Å²) in [7, 11) is 0. The molecule has 8 nitrogen and oxygen atoms in total. The SMILES string of the molecule is c1ccc(COc2cncc(-c3ccc4[nH]nc(-c5nc6cccnc6[nH]5)c4n3)c2)cc1. The summed E-state index contributed by atoms with van der Waals surface area (Å²) >= 11 is 0. The van der Waals surface area contributed by atoms with Gasteiger partial charge in [-0.05, 0) is 35.9 Å². The molecule has 0 bridgehead atoms. The van der Waals surface area contributed by atoms with Crippen LogP contribution >= 0.6 is 0 Å². The van der Waals surface area contributed by atoms with Crippen molar-refractivity contribution in [1.29, 1.82) is 0 Å². The smallest absolute Gasteiger partial charge is 0.162 e. The maximum absolute atomic E-state index is 5.92. The normalized spacial score (nSPS) is 11.2. The summed E-state index contributed by atoms with van der Waals surface area (Å²) in [6, 6.07) is 19.6. The molecule has 154 valence electrons. The van der Waals surface area contributed by atoms with E-state index in [2.05, 4.69) is 30.1 Å². The lowest BCUT2D eigenvalue weighted by atomic mass is 10.1. The predicted octanol–water partition coefficient (Wildman–Crippen LogP) is 4.54. The first-order valence-electron chi connectivity index (χ1n) is 10.1. The fraction of sp³-hybridized carbons (Fsp3) is 0.0417. The molecule has 0 radical (unpaired) electrons. The van der Waals surface area contributed by atoms with Crippen LogP contribution in [0.5, 0.6) is 5.75 Å². The molecule has 8 heteroatoms. The molecule has 1 aromatic carbocycles. The summed E-state index contributed by atoms with van der Waals surface area (Å²) in [5, 5.41) is 7.45. The zero-order valence-corrected chi connectivity index (χ0v) is 16.9. The summed E-state index contributed by atoms with van der Waals surface area (Å²) < 4.78 is 5.92. The zero-order chi connectivity index (χ0) is 21.3. The third kappa shape index (κ3) is 3.33. The van der Waals surface area contributed by atoms with Crippen molar-refractivity contribution in [2.75, 3.05) is 0 Å². The first-order chi connectivity index (χ1) is 15.8. The van der Waals surface area contributed by atoms with Crippen LogP contribution < -0.4 is 4.74 Å². The van der Waals surface area contributed by atoms with E-state index in [1.165, 1.54) is 0 Å². The quantitative estimate of drug-likeness (QED) is 0.425. The molecule has 2 N–H and O–H groups in total. The van der Waals surface area contributed by atoms with E-state index in [0.717, 1.165) is 33.4 Å². The van der Waals surface area contributed by atoms with Gasteiger partial charge in [-0.3, -0.25) is 10.1 Å². The number of nitrogens with one attached hydrogen (secondary N) is 2. The lowest BCUT2D eigenvalue weighted by Crippen LogP contribution is -1.96. The number of aromatic nitrogens is 7. The van der Waals surface area contributed by atoms with Gasteiger partial charge in [0.15, 0.2) is 17.2 Å². The van der Waals surface area contributed by atoms with Crippen LogP contribution in [0.1, 0.15) is 5.56 Å². The minimum atomic E-state index is 0.477. The second-order valence-electron chi connectivity index (χ2n) is 7.31. The van der Waals surface area contributed by atoms with Crippen LogP contribution in [-0.2, 0) is 6.61 Å². The van der Waals surface area contributed by atoms with Gasteiger partial charge in [-0.1, -0.05) is 30.3 Å². The van der Waals surface area contributed by atoms with E-state index < -0.39 is 0 Å². The van der Waals surface area contributed by atoms with Gasteiger partial charge in [-0.2, -0.15) is 5.10 Å². The van der Waals surface area contributed by atoms with Gasteiger partial charge < -0.3 is 9.72 Å². The molecule has 0 atom stereocenters. The Kier molecular flexibility index (Phi) is 4.31. The van der Waals surface area contributed by atoms with Crippen LogP contribution in [0.2, 0.25) is 0 Å². The summed E-state index contributed by atoms with van der Waals surface area (Å²) in [6.45, 7) is 0.477. The van der Waals surface area contributed by atoms with Crippen molar-refractivity contribution in [2.45, 2.75) is 6.61 Å². The Hall–Kier alpha value is -4.59. The molecule has 32 heavy (non-hydrogen) atoms. The molecule has 0 unspecified atom stereocenters. The fourth-order valence-electron chi connectivity index (χ4n) is 3.56. The zero-order valence-electron chi connectivity index (χ0n) is 16.9. The highest BCUT2D eigenvalue weighted by atomic mass is 16.5. The number of imidazole rings is 1. The van der Waals surface area contributed by atoms with Crippen LogP contribution in [0.15, 0.2) is 79.3 Å². The number of rotatable bonds is 5. The summed E-state index contributed by atoms with van der Waals surface area (Å²) in [6.07, 6.45) is 5.20. The number of hydrogen-bond donors (Lipinski definition) is 2. The molecular weight excluding hydrogens is 402 g/mol. The summed E-state index contributed by atoms with van der Waals surface area (Å²) in [5.41, 5.74) is 6.40. The largest absolute Gasteiger partial charge is 0.487 e. The van der Waals surface area contributed by atoms with Gasteiger partial charge in [-0.15, -0.1) is 0 Å². The summed E-state index contributed by atoms with van der Waals surface area (Å²) in [4.78, 5) is 21.3. The molecule has 0 saturated heterocycles. The third-order valence-corrected chi connectivity index (χ3v) is 5.14. The molecule has 0 fully saturated rings. The monoisotopic (exact) mass is 419 g/mol. The second kappa shape index (κ2) is 7.59. The van der Waals surface area contributed by atoms with E-state index >= 15 is 0 Å². The Morgan fingerprint density at radius 3 is 2.75 bits per heavy atom. The average molecular weight is 419 g/mol. The minimum Gasteiger partial charge on any atom is -0.487 e. The van der Waals surface area contributed by atoms with Crippen LogP contribution in [0, 0.1) is 0 Å². The topological polar surface area (TPSA) is 105 Å². The van der Waals surface area contributed by atoms with E-state index in [1.54, 1.807) is 18.6 Å². The molecule has 0 amide bonds. The van der Waals surface area contributed by atoms with Crippen molar-refractivity contribution in [3.63, 3.8) is 0 Å². The number of pyridine rings is 3. The van der Waals surface area contributed by atoms with Crippen molar-refractivity contribution in [2.24, 2.45) is 0 Å². The van der Waals surface area contributed by atoms with Crippen LogP contribution in [0.3, 0.4) is 0 Å². The van der Waals surface area contributed by atoms with Crippen molar-refractivity contribution in [1.82, 2.24) is 35.1 Å². The molecule has 6 rings (SSSR count).